The molecule has 0 aromatic heterocycles. The van der Waals surface area contributed by atoms with Crippen molar-refractivity contribution >= 4 is 21.7 Å². The van der Waals surface area contributed by atoms with Crippen molar-refractivity contribution in [3.63, 3.8) is 0 Å². The van der Waals surface area contributed by atoms with Crippen LogP contribution in [0.15, 0.2) is 24.3 Å². The topological polar surface area (TPSA) is 83.5 Å². The Balaban J connectivity index is 1.72. The SMILES string of the molecule is Cc1cccc(C(C)C(=O)N[C@@H]2CS(=O)(=O)C[C@H]2C(=O)N(C)C2CCC2)c1. The molecule has 7 heteroatoms. The lowest BCUT2D eigenvalue weighted by atomic mass is 9.90. The molecule has 27 heavy (non-hydrogen) atoms. The number of benzene rings is 1. The molecule has 2 fully saturated rings. The summed E-state index contributed by atoms with van der Waals surface area (Å²) in [6.07, 6.45) is 3.02. The van der Waals surface area contributed by atoms with Crippen molar-refractivity contribution in [1.82, 2.24) is 10.2 Å². The van der Waals surface area contributed by atoms with E-state index < -0.39 is 27.7 Å². The van der Waals surface area contributed by atoms with Crippen molar-refractivity contribution in [2.24, 2.45) is 5.92 Å². The summed E-state index contributed by atoms with van der Waals surface area (Å²) in [5, 5.41) is 2.85. The van der Waals surface area contributed by atoms with Crippen LogP contribution in [0.3, 0.4) is 0 Å². The molecule has 1 unspecified atom stereocenters. The largest absolute Gasteiger partial charge is 0.351 e. The molecule has 1 aliphatic carbocycles. The molecule has 148 valence electrons. The average Bonchev–Trinajstić information content (AvgIpc) is 2.86. The summed E-state index contributed by atoms with van der Waals surface area (Å²) in [5.41, 5.74) is 1.94. The van der Waals surface area contributed by atoms with E-state index in [4.69, 9.17) is 0 Å². The van der Waals surface area contributed by atoms with Crippen molar-refractivity contribution in [3.05, 3.63) is 35.4 Å². The molecular weight excluding hydrogens is 364 g/mol. The second-order valence-electron chi connectivity index (χ2n) is 7.97. The predicted octanol–water partition coefficient (Wildman–Crippen LogP) is 1.64. The molecule has 0 radical (unpaired) electrons. The first kappa shape index (κ1) is 19.9. The molecule has 3 atom stereocenters. The molecule has 2 aliphatic rings. The Morgan fingerprint density at radius 3 is 2.52 bits per heavy atom. The first-order chi connectivity index (χ1) is 12.7. The highest BCUT2D eigenvalue weighted by atomic mass is 32.2. The van der Waals surface area contributed by atoms with Crippen LogP contribution in [0.1, 0.15) is 43.2 Å². The Morgan fingerprint density at radius 2 is 1.93 bits per heavy atom. The minimum absolute atomic E-state index is 0.172. The van der Waals surface area contributed by atoms with Crippen molar-refractivity contribution < 1.29 is 18.0 Å². The predicted molar refractivity (Wildman–Crippen MR) is 104 cm³/mol. The molecule has 2 amide bonds. The summed E-state index contributed by atoms with van der Waals surface area (Å²) in [6, 6.07) is 7.23. The smallest absolute Gasteiger partial charge is 0.228 e. The summed E-state index contributed by atoms with van der Waals surface area (Å²) < 4.78 is 24.4. The summed E-state index contributed by atoms with van der Waals surface area (Å²) in [5.74, 6) is -1.88. The third-order valence-electron chi connectivity index (χ3n) is 5.90. The standard InChI is InChI=1S/C20H28N2O4S/c1-13-6-4-7-15(10-13)14(2)19(23)21-18-12-27(25,26)11-17(18)20(24)22(3)16-8-5-9-16/h4,6-7,10,14,16-18H,5,8-9,11-12H2,1-3H3,(H,21,23)/t14?,17-,18-/m1/s1. The zero-order chi connectivity index (χ0) is 19.8. The van der Waals surface area contributed by atoms with E-state index in [0.29, 0.717) is 0 Å². The number of sulfone groups is 1. The van der Waals surface area contributed by atoms with Crippen molar-refractivity contribution in [2.75, 3.05) is 18.6 Å². The first-order valence-corrected chi connectivity index (χ1v) is 11.3. The van der Waals surface area contributed by atoms with E-state index in [0.717, 1.165) is 30.4 Å². The van der Waals surface area contributed by atoms with Crippen molar-refractivity contribution in [1.29, 1.82) is 0 Å². The van der Waals surface area contributed by atoms with Gasteiger partial charge in [-0.05, 0) is 38.7 Å². The fourth-order valence-corrected chi connectivity index (χ4v) is 5.77. The maximum absolute atomic E-state index is 12.9. The lowest BCUT2D eigenvalue weighted by Gasteiger charge is -2.37. The number of aryl methyl sites for hydroxylation is 1. The second kappa shape index (κ2) is 7.62. The van der Waals surface area contributed by atoms with Gasteiger partial charge in [0.2, 0.25) is 11.8 Å². The van der Waals surface area contributed by atoms with Crippen LogP contribution in [0.2, 0.25) is 0 Å². The highest BCUT2D eigenvalue weighted by Crippen LogP contribution is 2.28. The van der Waals surface area contributed by atoms with E-state index in [2.05, 4.69) is 5.32 Å². The normalized spacial score (nSPS) is 25.4. The van der Waals surface area contributed by atoms with Gasteiger partial charge in [0, 0.05) is 13.1 Å². The Hall–Kier alpha value is -1.89. The number of nitrogens with zero attached hydrogens (tertiary/aromatic N) is 1. The van der Waals surface area contributed by atoms with Crippen molar-refractivity contribution in [3.8, 4) is 0 Å². The zero-order valence-corrected chi connectivity index (χ0v) is 17.0. The van der Waals surface area contributed by atoms with Crippen LogP contribution in [-0.4, -0.2) is 55.8 Å². The second-order valence-corrected chi connectivity index (χ2v) is 10.1. The minimum Gasteiger partial charge on any atom is -0.351 e. The molecule has 1 saturated carbocycles. The third-order valence-corrected chi connectivity index (χ3v) is 7.64. The number of amides is 2. The molecular formula is C20H28N2O4S. The molecule has 3 rings (SSSR count). The molecule has 1 saturated heterocycles. The number of nitrogens with one attached hydrogen (secondary N) is 1. The van der Waals surface area contributed by atoms with Gasteiger partial charge >= 0.3 is 0 Å². The summed E-state index contributed by atoms with van der Waals surface area (Å²) in [6.45, 7) is 3.76. The lowest BCUT2D eigenvalue weighted by molar-refractivity contribution is -0.138. The quantitative estimate of drug-likeness (QED) is 0.826. The van der Waals surface area contributed by atoms with Crippen LogP contribution in [0.25, 0.3) is 0 Å². The van der Waals surface area contributed by atoms with Crippen LogP contribution in [0, 0.1) is 12.8 Å². The van der Waals surface area contributed by atoms with Gasteiger partial charge in [-0.1, -0.05) is 29.8 Å². The molecule has 1 heterocycles. The van der Waals surface area contributed by atoms with Gasteiger partial charge in [0.1, 0.15) is 0 Å². The van der Waals surface area contributed by atoms with Crippen LogP contribution in [-0.2, 0) is 19.4 Å². The lowest BCUT2D eigenvalue weighted by Crippen LogP contribution is -2.51. The summed E-state index contributed by atoms with van der Waals surface area (Å²) in [4.78, 5) is 27.3. The van der Waals surface area contributed by atoms with Gasteiger partial charge in [0.05, 0.1) is 29.4 Å². The zero-order valence-electron chi connectivity index (χ0n) is 16.1. The van der Waals surface area contributed by atoms with E-state index in [9.17, 15) is 18.0 Å². The number of rotatable bonds is 5. The van der Waals surface area contributed by atoms with Gasteiger partial charge in [-0.15, -0.1) is 0 Å². The molecule has 1 aliphatic heterocycles. The van der Waals surface area contributed by atoms with Crippen LogP contribution in [0.5, 0.6) is 0 Å². The monoisotopic (exact) mass is 392 g/mol. The van der Waals surface area contributed by atoms with E-state index in [1.807, 2.05) is 31.2 Å². The van der Waals surface area contributed by atoms with Gasteiger partial charge in [-0.25, -0.2) is 8.42 Å². The van der Waals surface area contributed by atoms with Gasteiger partial charge in [0.25, 0.3) is 0 Å². The highest BCUT2D eigenvalue weighted by Gasteiger charge is 2.45. The first-order valence-electron chi connectivity index (χ1n) is 9.52. The van der Waals surface area contributed by atoms with Gasteiger partial charge in [-0.2, -0.15) is 0 Å². The number of hydrogen-bond donors (Lipinski definition) is 1. The van der Waals surface area contributed by atoms with Crippen LogP contribution < -0.4 is 5.32 Å². The fraction of sp³-hybridized carbons (Fsp3) is 0.600. The van der Waals surface area contributed by atoms with E-state index in [-0.39, 0.29) is 29.4 Å². The van der Waals surface area contributed by atoms with Crippen LogP contribution >= 0.6 is 0 Å². The van der Waals surface area contributed by atoms with E-state index >= 15 is 0 Å². The van der Waals surface area contributed by atoms with Crippen LogP contribution in [0.4, 0.5) is 0 Å². The fourth-order valence-electron chi connectivity index (χ4n) is 3.85. The third kappa shape index (κ3) is 4.34. The molecule has 1 N–H and O–H groups in total. The molecule has 6 nitrogen and oxygen atoms in total. The average molecular weight is 393 g/mol. The summed E-state index contributed by atoms with van der Waals surface area (Å²) in [7, 11) is -1.60. The maximum Gasteiger partial charge on any atom is 0.228 e. The summed E-state index contributed by atoms with van der Waals surface area (Å²) >= 11 is 0. The van der Waals surface area contributed by atoms with Gasteiger partial charge in [0.15, 0.2) is 9.84 Å². The molecule has 1 aromatic rings. The molecule has 0 spiro atoms. The highest BCUT2D eigenvalue weighted by molar-refractivity contribution is 7.91. The maximum atomic E-state index is 12.9. The minimum atomic E-state index is -3.34. The molecule has 0 bridgehead atoms. The Morgan fingerprint density at radius 1 is 1.22 bits per heavy atom. The Kier molecular flexibility index (Phi) is 5.60. The number of hydrogen-bond acceptors (Lipinski definition) is 4. The number of carbonyl (C=O) groups is 2. The van der Waals surface area contributed by atoms with Crippen molar-refractivity contribution in [2.45, 2.75) is 51.1 Å². The van der Waals surface area contributed by atoms with E-state index in [1.165, 1.54) is 0 Å². The Labute approximate surface area is 161 Å². The van der Waals surface area contributed by atoms with Gasteiger partial charge < -0.3 is 10.2 Å². The van der Waals surface area contributed by atoms with E-state index in [1.54, 1.807) is 18.9 Å². The Bertz CT molecular complexity index is 832. The van der Waals surface area contributed by atoms with Gasteiger partial charge in [-0.3, -0.25) is 9.59 Å². The number of carbonyl (C=O) groups excluding carboxylic acids is 2. The molecule has 1 aromatic carbocycles.